The van der Waals surface area contributed by atoms with Crippen molar-refractivity contribution in [3.8, 4) is 18.1 Å². The molecule has 0 saturated heterocycles. The van der Waals surface area contributed by atoms with Crippen molar-refractivity contribution < 1.29 is 24.2 Å². The molecule has 0 aliphatic carbocycles. The standard InChI is InChI=1S/C38H47N3O5/c1-8-30-16-12-13-17-32(30)34(35(43)39-25-29-14-10-9-11-15-29)41(27(4)19-18-26(2)3)36(44)33(40-37(45)46-38(5,6)7)24-28-20-22-31(42)23-21-28/h1,9-17,20-23,26-27,33-34,42H,18-19,24-25H2,2-7H3,(H,39,43)(H,40,45). The number of benzene rings is 3. The minimum atomic E-state index is -1.09. The number of aromatic hydroxyl groups is 1. The summed E-state index contributed by atoms with van der Waals surface area (Å²) in [5.41, 5.74) is 1.82. The second-order valence-corrected chi connectivity index (χ2v) is 13.0. The van der Waals surface area contributed by atoms with Gasteiger partial charge in [-0.05, 0) is 81.3 Å². The largest absolute Gasteiger partial charge is 0.508 e. The summed E-state index contributed by atoms with van der Waals surface area (Å²) in [6, 6.07) is 20.5. The highest BCUT2D eigenvalue weighted by molar-refractivity contribution is 5.93. The molecule has 3 atom stereocenters. The van der Waals surface area contributed by atoms with Crippen molar-refractivity contribution in [1.82, 2.24) is 15.5 Å². The van der Waals surface area contributed by atoms with Crippen molar-refractivity contribution in [2.24, 2.45) is 5.92 Å². The lowest BCUT2D eigenvalue weighted by Crippen LogP contribution is -2.56. The summed E-state index contributed by atoms with van der Waals surface area (Å²) < 4.78 is 5.54. The average molecular weight is 626 g/mol. The second kappa shape index (κ2) is 16.5. The molecule has 0 aliphatic heterocycles. The molecule has 0 bridgehead atoms. The van der Waals surface area contributed by atoms with Gasteiger partial charge >= 0.3 is 6.09 Å². The minimum absolute atomic E-state index is 0.0803. The Kier molecular flexibility index (Phi) is 12.8. The third-order valence-corrected chi connectivity index (χ3v) is 7.50. The molecule has 3 unspecified atom stereocenters. The van der Waals surface area contributed by atoms with E-state index in [2.05, 4.69) is 30.4 Å². The molecule has 0 fully saturated rings. The maximum atomic E-state index is 14.9. The van der Waals surface area contributed by atoms with E-state index in [9.17, 15) is 19.5 Å². The molecule has 3 amide bonds. The zero-order valence-corrected chi connectivity index (χ0v) is 27.7. The third kappa shape index (κ3) is 10.7. The lowest BCUT2D eigenvalue weighted by molar-refractivity contribution is -0.145. The SMILES string of the molecule is C#Cc1ccccc1C(C(=O)NCc1ccccc1)N(C(=O)C(Cc1ccc(O)cc1)NC(=O)OC(C)(C)C)C(C)CCC(C)C. The first-order valence-corrected chi connectivity index (χ1v) is 15.8. The number of rotatable bonds is 13. The lowest BCUT2D eigenvalue weighted by atomic mass is 9.93. The van der Waals surface area contributed by atoms with Gasteiger partial charge in [0, 0.05) is 24.6 Å². The van der Waals surface area contributed by atoms with Crippen molar-refractivity contribution >= 4 is 17.9 Å². The molecular formula is C38H47N3O5. The van der Waals surface area contributed by atoms with Crippen LogP contribution in [-0.2, 0) is 27.3 Å². The van der Waals surface area contributed by atoms with Crippen molar-refractivity contribution in [1.29, 1.82) is 0 Å². The van der Waals surface area contributed by atoms with Crippen LogP contribution in [0.5, 0.6) is 5.75 Å². The van der Waals surface area contributed by atoms with Gasteiger partial charge in [0.15, 0.2) is 0 Å². The van der Waals surface area contributed by atoms with E-state index in [1.54, 1.807) is 62.1 Å². The lowest BCUT2D eigenvalue weighted by Gasteiger charge is -2.39. The zero-order valence-electron chi connectivity index (χ0n) is 27.7. The van der Waals surface area contributed by atoms with Crippen LogP contribution in [0.15, 0.2) is 78.9 Å². The Balaban J connectivity index is 2.14. The highest BCUT2D eigenvalue weighted by Gasteiger charge is 2.39. The number of carbonyl (C=O) groups is 3. The van der Waals surface area contributed by atoms with E-state index in [1.165, 1.54) is 12.1 Å². The maximum Gasteiger partial charge on any atom is 0.408 e. The Labute approximate surface area is 273 Å². The number of phenolic OH excluding ortho intramolecular Hbond substituents is 1. The Morgan fingerprint density at radius 1 is 0.891 bits per heavy atom. The van der Waals surface area contributed by atoms with Crippen molar-refractivity contribution in [2.75, 3.05) is 0 Å². The average Bonchev–Trinajstić information content (AvgIpc) is 3.01. The Morgan fingerprint density at radius 3 is 2.13 bits per heavy atom. The molecule has 46 heavy (non-hydrogen) atoms. The smallest absolute Gasteiger partial charge is 0.408 e. The van der Waals surface area contributed by atoms with E-state index in [-0.39, 0.29) is 18.7 Å². The highest BCUT2D eigenvalue weighted by Crippen LogP contribution is 2.30. The van der Waals surface area contributed by atoms with Gasteiger partial charge in [-0.1, -0.05) is 80.4 Å². The monoisotopic (exact) mass is 625 g/mol. The number of carbonyl (C=O) groups excluding carboxylic acids is 3. The van der Waals surface area contributed by atoms with E-state index in [4.69, 9.17) is 11.2 Å². The third-order valence-electron chi connectivity index (χ3n) is 7.50. The maximum absolute atomic E-state index is 14.9. The summed E-state index contributed by atoms with van der Waals surface area (Å²) in [4.78, 5) is 43.8. The molecule has 0 spiro atoms. The molecule has 3 aromatic carbocycles. The number of nitrogens with one attached hydrogen (secondary N) is 2. The molecule has 0 heterocycles. The van der Waals surface area contributed by atoms with Crippen LogP contribution in [0, 0.1) is 18.3 Å². The van der Waals surface area contributed by atoms with E-state index in [0.29, 0.717) is 29.0 Å². The van der Waals surface area contributed by atoms with Crippen LogP contribution in [0.2, 0.25) is 0 Å². The molecule has 0 aromatic heterocycles. The summed E-state index contributed by atoms with van der Waals surface area (Å²) in [7, 11) is 0. The Bertz CT molecular complexity index is 1490. The first kappa shape index (κ1) is 35.7. The molecule has 0 radical (unpaired) electrons. The van der Waals surface area contributed by atoms with E-state index >= 15 is 0 Å². The van der Waals surface area contributed by atoms with Gasteiger partial charge in [0.25, 0.3) is 0 Å². The number of amides is 3. The number of phenols is 1. The first-order valence-electron chi connectivity index (χ1n) is 15.8. The topological polar surface area (TPSA) is 108 Å². The molecular weight excluding hydrogens is 578 g/mol. The number of ether oxygens (including phenoxy) is 1. The molecule has 0 saturated carbocycles. The van der Waals surface area contributed by atoms with Crippen LogP contribution in [0.3, 0.4) is 0 Å². The minimum Gasteiger partial charge on any atom is -0.508 e. The quantitative estimate of drug-likeness (QED) is 0.188. The summed E-state index contributed by atoms with van der Waals surface area (Å²) in [6.07, 6.45) is 6.69. The first-order chi connectivity index (χ1) is 21.8. The molecule has 8 heteroatoms. The van der Waals surface area contributed by atoms with Gasteiger partial charge < -0.3 is 25.4 Å². The highest BCUT2D eigenvalue weighted by atomic mass is 16.6. The number of alkyl carbamates (subject to hydrolysis) is 1. The zero-order chi connectivity index (χ0) is 33.9. The summed E-state index contributed by atoms with van der Waals surface area (Å²) >= 11 is 0. The fourth-order valence-electron chi connectivity index (χ4n) is 5.18. The van der Waals surface area contributed by atoms with Gasteiger partial charge in [-0.25, -0.2) is 4.79 Å². The van der Waals surface area contributed by atoms with E-state index in [0.717, 1.165) is 12.0 Å². The fourth-order valence-corrected chi connectivity index (χ4v) is 5.18. The normalized spacial score (nSPS) is 13.2. The predicted molar refractivity (Wildman–Crippen MR) is 181 cm³/mol. The van der Waals surface area contributed by atoms with Gasteiger partial charge in [-0.15, -0.1) is 6.42 Å². The predicted octanol–water partition coefficient (Wildman–Crippen LogP) is 6.52. The molecule has 0 aliphatic rings. The number of hydrogen-bond donors (Lipinski definition) is 3. The van der Waals surface area contributed by atoms with Crippen LogP contribution < -0.4 is 10.6 Å². The van der Waals surface area contributed by atoms with Crippen LogP contribution in [0.1, 0.15) is 82.7 Å². The van der Waals surface area contributed by atoms with E-state index < -0.39 is 41.6 Å². The molecule has 8 nitrogen and oxygen atoms in total. The number of terminal acetylenes is 1. The molecule has 244 valence electrons. The second-order valence-electron chi connectivity index (χ2n) is 13.0. The van der Waals surface area contributed by atoms with Gasteiger partial charge in [-0.2, -0.15) is 0 Å². The van der Waals surface area contributed by atoms with Crippen LogP contribution >= 0.6 is 0 Å². The van der Waals surface area contributed by atoms with Gasteiger partial charge in [0.05, 0.1) is 0 Å². The van der Waals surface area contributed by atoms with Gasteiger partial charge in [-0.3, -0.25) is 9.59 Å². The fraction of sp³-hybridized carbons (Fsp3) is 0.395. The van der Waals surface area contributed by atoms with Gasteiger partial charge in [0.2, 0.25) is 11.8 Å². The molecule has 3 aromatic rings. The molecule has 3 N–H and O–H groups in total. The van der Waals surface area contributed by atoms with Crippen molar-refractivity contribution in [2.45, 2.75) is 91.1 Å². The van der Waals surface area contributed by atoms with Crippen molar-refractivity contribution in [3.63, 3.8) is 0 Å². The van der Waals surface area contributed by atoms with Crippen LogP contribution in [0.25, 0.3) is 0 Å². The van der Waals surface area contributed by atoms with E-state index in [1.807, 2.05) is 37.3 Å². The van der Waals surface area contributed by atoms with Crippen molar-refractivity contribution in [3.05, 3.63) is 101 Å². The molecule has 3 rings (SSSR count). The Morgan fingerprint density at radius 2 is 1.52 bits per heavy atom. The Hall–Kier alpha value is -4.77. The number of nitrogens with zero attached hydrogens (tertiary/aromatic N) is 1. The van der Waals surface area contributed by atoms with Gasteiger partial charge in [0.1, 0.15) is 23.4 Å². The van der Waals surface area contributed by atoms with Crippen LogP contribution in [0.4, 0.5) is 4.79 Å². The number of hydrogen-bond acceptors (Lipinski definition) is 5. The van der Waals surface area contributed by atoms with Crippen LogP contribution in [-0.4, -0.2) is 45.6 Å². The summed E-state index contributed by atoms with van der Waals surface area (Å²) in [6.45, 7) is 11.6. The summed E-state index contributed by atoms with van der Waals surface area (Å²) in [5.74, 6) is 2.28. The summed E-state index contributed by atoms with van der Waals surface area (Å²) in [5, 5.41) is 15.7.